The zero-order valence-corrected chi connectivity index (χ0v) is 9.68. The fraction of sp³-hybridized carbons (Fsp3) is 0.778. The van der Waals surface area contributed by atoms with Crippen LogP contribution in [0.4, 0.5) is 5.13 Å². The van der Waals surface area contributed by atoms with E-state index in [9.17, 15) is 0 Å². The molecular weight excluding hydrogens is 196 g/mol. The number of aromatic nitrogens is 2. The van der Waals surface area contributed by atoms with Gasteiger partial charge in [0.05, 0.1) is 0 Å². The highest BCUT2D eigenvalue weighted by Gasteiger charge is 2.03. The molecule has 5 heteroatoms. The van der Waals surface area contributed by atoms with E-state index < -0.39 is 0 Å². The number of nitrogen functional groups attached to an aromatic ring is 1. The van der Waals surface area contributed by atoms with Crippen molar-refractivity contribution in [3.05, 3.63) is 5.01 Å². The quantitative estimate of drug-likeness (QED) is 0.777. The molecule has 1 aromatic heterocycles. The number of hydrogen-bond donors (Lipinski definition) is 1. The van der Waals surface area contributed by atoms with Crippen LogP contribution < -0.4 is 5.73 Å². The molecule has 4 nitrogen and oxygen atoms in total. The summed E-state index contributed by atoms with van der Waals surface area (Å²) >= 11 is 1.48. The van der Waals surface area contributed by atoms with Crippen LogP contribution in [0.1, 0.15) is 24.8 Å². The molecule has 0 fully saturated rings. The lowest BCUT2D eigenvalue weighted by atomic mass is 10.3. The standard InChI is InChI=1S/C9H18N4S/c1-3-4-6-13(2)7-5-8-11-12-9(10)14-8/h3-7H2,1-2H3,(H2,10,12). The van der Waals surface area contributed by atoms with E-state index in [1.165, 1.54) is 24.2 Å². The van der Waals surface area contributed by atoms with E-state index in [4.69, 9.17) is 5.73 Å². The SMILES string of the molecule is CCCCN(C)CCc1nnc(N)s1. The second-order valence-corrected chi connectivity index (χ2v) is 4.53. The monoisotopic (exact) mass is 214 g/mol. The number of hydrogen-bond acceptors (Lipinski definition) is 5. The molecule has 0 radical (unpaired) electrons. The van der Waals surface area contributed by atoms with Crippen molar-refractivity contribution in [3.8, 4) is 0 Å². The van der Waals surface area contributed by atoms with Crippen molar-refractivity contribution in [2.75, 3.05) is 25.9 Å². The molecule has 0 aliphatic carbocycles. The summed E-state index contributed by atoms with van der Waals surface area (Å²) in [6.45, 7) is 4.40. The number of anilines is 1. The molecule has 0 bridgehead atoms. The summed E-state index contributed by atoms with van der Waals surface area (Å²) in [5, 5.41) is 9.37. The molecule has 0 aliphatic heterocycles. The van der Waals surface area contributed by atoms with Gasteiger partial charge in [-0.1, -0.05) is 24.7 Å². The van der Waals surface area contributed by atoms with Gasteiger partial charge in [0, 0.05) is 13.0 Å². The Morgan fingerprint density at radius 3 is 2.71 bits per heavy atom. The van der Waals surface area contributed by atoms with Gasteiger partial charge < -0.3 is 10.6 Å². The molecule has 2 N–H and O–H groups in total. The van der Waals surface area contributed by atoms with Gasteiger partial charge in [0.2, 0.25) is 5.13 Å². The summed E-state index contributed by atoms with van der Waals surface area (Å²) in [4.78, 5) is 2.32. The van der Waals surface area contributed by atoms with Gasteiger partial charge in [0.15, 0.2) is 0 Å². The highest BCUT2D eigenvalue weighted by Crippen LogP contribution is 2.11. The zero-order valence-electron chi connectivity index (χ0n) is 8.86. The number of nitrogens with two attached hydrogens (primary N) is 1. The Hall–Kier alpha value is -0.680. The maximum Gasteiger partial charge on any atom is 0.203 e. The predicted octanol–water partition coefficient (Wildman–Crippen LogP) is 1.39. The van der Waals surface area contributed by atoms with E-state index >= 15 is 0 Å². The summed E-state index contributed by atoms with van der Waals surface area (Å²) in [5.74, 6) is 0. The molecule has 80 valence electrons. The number of likely N-dealkylation sites (N-methyl/N-ethyl adjacent to an activating group) is 1. The van der Waals surface area contributed by atoms with Crippen molar-refractivity contribution in [1.29, 1.82) is 0 Å². The summed E-state index contributed by atoms with van der Waals surface area (Å²) in [7, 11) is 2.14. The summed E-state index contributed by atoms with van der Waals surface area (Å²) < 4.78 is 0. The third-order valence-electron chi connectivity index (χ3n) is 2.08. The maximum atomic E-state index is 5.50. The minimum Gasteiger partial charge on any atom is -0.374 e. The zero-order chi connectivity index (χ0) is 10.4. The van der Waals surface area contributed by atoms with E-state index in [1.807, 2.05) is 0 Å². The summed E-state index contributed by atoms with van der Waals surface area (Å²) in [6, 6.07) is 0. The largest absolute Gasteiger partial charge is 0.374 e. The Labute approximate surface area is 89.1 Å². The van der Waals surface area contributed by atoms with Crippen LogP contribution in [-0.4, -0.2) is 35.2 Å². The van der Waals surface area contributed by atoms with Crippen molar-refractivity contribution in [2.24, 2.45) is 0 Å². The highest BCUT2D eigenvalue weighted by molar-refractivity contribution is 7.15. The van der Waals surface area contributed by atoms with Crippen molar-refractivity contribution in [3.63, 3.8) is 0 Å². The molecule has 0 atom stereocenters. The third-order valence-corrected chi connectivity index (χ3v) is 2.90. The maximum absolute atomic E-state index is 5.50. The molecule has 1 aromatic rings. The predicted molar refractivity (Wildman–Crippen MR) is 60.4 cm³/mol. The molecule has 14 heavy (non-hydrogen) atoms. The van der Waals surface area contributed by atoms with E-state index in [0.717, 1.165) is 24.5 Å². The Kier molecular flexibility index (Phi) is 4.82. The molecule has 0 aromatic carbocycles. The van der Waals surface area contributed by atoms with Crippen molar-refractivity contribution < 1.29 is 0 Å². The molecule has 0 saturated heterocycles. The first-order valence-electron chi connectivity index (χ1n) is 4.98. The van der Waals surface area contributed by atoms with Crippen molar-refractivity contribution >= 4 is 16.5 Å². The molecule has 0 unspecified atom stereocenters. The van der Waals surface area contributed by atoms with Crippen LogP contribution in [0.25, 0.3) is 0 Å². The Morgan fingerprint density at radius 2 is 2.14 bits per heavy atom. The summed E-state index contributed by atoms with van der Waals surface area (Å²) in [5.41, 5.74) is 5.50. The van der Waals surface area contributed by atoms with Crippen LogP contribution in [0.3, 0.4) is 0 Å². The van der Waals surface area contributed by atoms with Crippen LogP contribution in [0, 0.1) is 0 Å². The van der Waals surface area contributed by atoms with E-state index in [0.29, 0.717) is 5.13 Å². The normalized spacial score (nSPS) is 11.1. The van der Waals surface area contributed by atoms with E-state index in [2.05, 4.69) is 29.1 Å². The van der Waals surface area contributed by atoms with E-state index in [-0.39, 0.29) is 0 Å². The highest BCUT2D eigenvalue weighted by atomic mass is 32.1. The van der Waals surface area contributed by atoms with Gasteiger partial charge in [-0.15, -0.1) is 10.2 Å². The van der Waals surface area contributed by atoms with Crippen molar-refractivity contribution in [2.45, 2.75) is 26.2 Å². The van der Waals surface area contributed by atoms with Gasteiger partial charge in [0.25, 0.3) is 0 Å². The Balaban J connectivity index is 2.20. The Morgan fingerprint density at radius 1 is 1.36 bits per heavy atom. The molecule has 1 heterocycles. The lowest BCUT2D eigenvalue weighted by molar-refractivity contribution is 0.332. The molecular formula is C9H18N4S. The minimum absolute atomic E-state index is 0.566. The lowest BCUT2D eigenvalue weighted by Crippen LogP contribution is -2.22. The fourth-order valence-electron chi connectivity index (χ4n) is 1.19. The van der Waals surface area contributed by atoms with Crippen LogP contribution in [-0.2, 0) is 6.42 Å². The minimum atomic E-state index is 0.566. The van der Waals surface area contributed by atoms with Gasteiger partial charge in [0.1, 0.15) is 5.01 Å². The average Bonchev–Trinajstić information content (AvgIpc) is 2.58. The Bertz CT molecular complexity index is 261. The third kappa shape index (κ3) is 4.02. The second kappa shape index (κ2) is 5.93. The van der Waals surface area contributed by atoms with E-state index in [1.54, 1.807) is 0 Å². The molecule has 0 amide bonds. The van der Waals surface area contributed by atoms with Crippen LogP contribution >= 0.6 is 11.3 Å². The smallest absolute Gasteiger partial charge is 0.203 e. The van der Waals surface area contributed by atoms with Crippen LogP contribution in [0.15, 0.2) is 0 Å². The van der Waals surface area contributed by atoms with Gasteiger partial charge >= 0.3 is 0 Å². The second-order valence-electron chi connectivity index (χ2n) is 3.44. The van der Waals surface area contributed by atoms with Gasteiger partial charge in [-0.2, -0.15) is 0 Å². The average molecular weight is 214 g/mol. The number of rotatable bonds is 6. The van der Waals surface area contributed by atoms with Crippen LogP contribution in [0.2, 0.25) is 0 Å². The van der Waals surface area contributed by atoms with Crippen LogP contribution in [0.5, 0.6) is 0 Å². The number of unbranched alkanes of at least 4 members (excludes halogenated alkanes) is 1. The van der Waals surface area contributed by atoms with Gasteiger partial charge in [-0.3, -0.25) is 0 Å². The first-order chi connectivity index (χ1) is 6.72. The number of nitrogens with zero attached hydrogens (tertiary/aromatic N) is 3. The van der Waals surface area contributed by atoms with Crippen molar-refractivity contribution in [1.82, 2.24) is 15.1 Å². The molecule has 1 rings (SSSR count). The fourth-order valence-corrected chi connectivity index (χ4v) is 1.79. The van der Waals surface area contributed by atoms with Gasteiger partial charge in [-0.25, -0.2) is 0 Å². The first kappa shape index (κ1) is 11.4. The van der Waals surface area contributed by atoms with Gasteiger partial charge in [-0.05, 0) is 20.0 Å². The lowest BCUT2D eigenvalue weighted by Gasteiger charge is -2.14. The molecule has 0 aliphatic rings. The first-order valence-corrected chi connectivity index (χ1v) is 5.80. The topological polar surface area (TPSA) is 55.0 Å². The molecule has 0 saturated carbocycles. The molecule has 0 spiro atoms. The summed E-state index contributed by atoms with van der Waals surface area (Å²) in [6.07, 6.45) is 3.46.